The maximum absolute atomic E-state index is 13.2. The van der Waals surface area contributed by atoms with Crippen LogP contribution in [0.4, 0.5) is 11.4 Å². The fraction of sp³-hybridized carbons (Fsp3) is 0.286. The molecule has 2 heterocycles. The van der Waals surface area contributed by atoms with Gasteiger partial charge in [0.2, 0.25) is 10.0 Å². The molecule has 2 aromatic carbocycles. The van der Waals surface area contributed by atoms with E-state index in [0.29, 0.717) is 48.0 Å². The van der Waals surface area contributed by atoms with E-state index < -0.39 is 10.0 Å². The number of piperazine rings is 1. The second-order valence-corrected chi connectivity index (χ2v) is 9.78. The quantitative estimate of drug-likeness (QED) is 0.754. The zero-order chi connectivity index (χ0) is 20.8. The van der Waals surface area contributed by atoms with Crippen molar-refractivity contribution in [3.05, 3.63) is 58.6 Å². The van der Waals surface area contributed by atoms with E-state index in [4.69, 9.17) is 11.6 Å². The highest BCUT2D eigenvalue weighted by Gasteiger charge is 2.32. The molecule has 1 fully saturated rings. The Morgan fingerprint density at radius 3 is 2.41 bits per heavy atom. The van der Waals surface area contributed by atoms with Gasteiger partial charge in [0.15, 0.2) is 0 Å². The van der Waals surface area contributed by atoms with Crippen molar-refractivity contribution in [3.8, 4) is 0 Å². The maximum Gasteiger partial charge on any atom is 0.256 e. The van der Waals surface area contributed by atoms with Crippen LogP contribution in [0.5, 0.6) is 0 Å². The molecule has 0 aromatic heterocycles. The summed E-state index contributed by atoms with van der Waals surface area (Å²) in [5.41, 5.74) is 3.68. The Labute approximate surface area is 175 Å². The maximum atomic E-state index is 13.2. The third-order valence-corrected chi connectivity index (χ3v) is 7.42. The molecule has 2 aliphatic heterocycles. The number of allylic oxidation sites excluding steroid dienone is 1. The summed E-state index contributed by atoms with van der Waals surface area (Å²) in [5, 5.41) is 3.45. The third-order valence-electron chi connectivity index (χ3n) is 5.29. The number of hydrogen-bond acceptors (Lipinski definition) is 4. The summed E-state index contributed by atoms with van der Waals surface area (Å²) in [6.07, 6.45) is 0. The van der Waals surface area contributed by atoms with Crippen molar-refractivity contribution in [1.29, 1.82) is 0 Å². The van der Waals surface area contributed by atoms with E-state index in [1.165, 1.54) is 4.31 Å². The number of benzene rings is 2. The topological polar surface area (TPSA) is 69.7 Å². The van der Waals surface area contributed by atoms with E-state index in [1.807, 2.05) is 38.1 Å². The number of anilines is 2. The zero-order valence-corrected chi connectivity index (χ0v) is 17.8. The molecule has 1 amide bonds. The highest BCUT2D eigenvalue weighted by molar-refractivity contribution is 7.89. The second-order valence-electron chi connectivity index (χ2n) is 7.41. The van der Waals surface area contributed by atoms with Gasteiger partial charge >= 0.3 is 0 Å². The molecular weight excluding hydrogens is 410 g/mol. The Balaban J connectivity index is 1.56. The lowest BCUT2D eigenvalue weighted by Gasteiger charge is -2.35. The summed E-state index contributed by atoms with van der Waals surface area (Å²) in [7, 11) is -3.65. The van der Waals surface area contributed by atoms with Crippen LogP contribution in [0.2, 0.25) is 5.02 Å². The minimum atomic E-state index is -3.65. The van der Waals surface area contributed by atoms with Gasteiger partial charge in [-0.25, -0.2) is 8.42 Å². The van der Waals surface area contributed by atoms with E-state index in [9.17, 15) is 13.2 Å². The standard InChI is InChI=1S/C21H22ClN3O3S/c1-14(2)20-18-13-17(6-7-19(18)23-21(20)26)29(27,28)25-10-8-24(9-11-25)16-5-3-4-15(22)12-16/h3-7,12-13H,8-11H2,1-2H3,(H,23,26). The molecule has 6 nitrogen and oxygen atoms in total. The molecule has 0 atom stereocenters. The van der Waals surface area contributed by atoms with Gasteiger partial charge in [-0.1, -0.05) is 23.2 Å². The first-order valence-electron chi connectivity index (χ1n) is 9.41. The second kappa shape index (κ2) is 7.48. The van der Waals surface area contributed by atoms with Crippen molar-refractivity contribution >= 4 is 44.5 Å². The van der Waals surface area contributed by atoms with Crippen LogP contribution in [0.3, 0.4) is 0 Å². The lowest BCUT2D eigenvalue weighted by molar-refractivity contribution is -0.110. The fourth-order valence-corrected chi connectivity index (χ4v) is 5.45. The number of carbonyl (C=O) groups is 1. The number of sulfonamides is 1. The van der Waals surface area contributed by atoms with Crippen molar-refractivity contribution in [2.45, 2.75) is 18.7 Å². The predicted molar refractivity (Wildman–Crippen MR) is 116 cm³/mol. The average Bonchev–Trinajstić information content (AvgIpc) is 3.03. The number of nitrogens with zero attached hydrogens (tertiary/aromatic N) is 2. The van der Waals surface area contributed by atoms with E-state index in [0.717, 1.165) is 11.3 Å². The van der Waals surface area contributed by atoms with Gasteiger partial charge in [0, 0.05) is 53.7 Å². The minimum absolute atomic E-state index is 0.190. The van der Waals surface area contributed by atoms with Gasteiger partial charge in [-0.3, -0.25) is 4.79 Å². The first-order valence-corrected chi connectivity index (χ1v) is 11.2. The molecule has 0 radical (unpaired) electrons. The monoisotopic (exact) mass is 431 g/mol. The largest absolute Gasteiger partial charge is 0.369 e. The van der Waals surface area contributed by atoms with Gasteiger partial charge < -0.3 is 10.2 Å². The van der Waals surface area contributed by atoms with E-state index in [-0.39, 0.29) is 10.8 Å². The highest BCUT2D eigenvalue weighted by Crippen LogP contribution is 2.36. The molecular formula is C21H22ClN3O3S. The van der Waals surface area contributed by atoms with E-state index in [2.05, 4.69) is 10.2 Å². The molecule has 0 saturated carbocycles. The summed E-state index contributed by atoms with van der Waals surface area (Å²) in [4.78, 5) is 14.5. The fourth-order valence-electron chi connectivity index (χ4n) is 3.81. The zero-order valence-electron chi connectivity index (χ0n) is 16.3. The van der Waals surface area contributed by atoms with Crippen molar-refractivity contribution in [1.82, 2.24) is 4.31 Å². The molecule has 1 N–H and O–H groups in total. The summed E-state index contributed by atoms with van der Waals surface area (Å²) in [6, 6.07) is 12.4. The number of rotatable bonds is 3. The third kappa shape index (κ3) is 3.66. The Morgan fingerprint density at radius 2 is 1.76 bits per heavy atom. The lowest BCUT2D eigenvalue weighted by atomic mass is 10.0. The lowest BCUT2D eigenvalue weighted by Crippen LogP contribution is -2.48. The summed E-state index contributed by atoms with van der Waals surface area (Å²) in [6.45, 7) is 5.64. The highest BCUT2D eigenvalue weighted by atomic mass is 35.5. The van der Waals surface area contributed by atoms with Gasteiger partial charge in [0.1, 0.15) is 0 Å². The first kappa shape index (κ1) is 19.9. The molecule has 2 aliphatic rings. The van der Waals surface area contributed by atoms with Gasteiger partial charge in [-0.2, -0.15) is 4.31 Å². The summed E-state index contributed by atoms with van der Waals surface area (Å²) < 4.78 is 27.9. The van der Waals surface area contributed by atoms with Crippen LogP contribution in [0.15, 0.2) is 52.9 Å². The normalized spacial score (nSPS) is 17.3. The number of carbonyl (C=O) groups excluding carboxylic acids is 1. The summed E-state index contributed by atoms with van der Waals surface area (Å²) in [5.74, 6) is -0.190. The molecule has 4 rings (SSSR count). The molecule has 0 unspecified atom stereocenters. The Hall–Kier alpha value is -2.35. The van der Waals surface area contributed by atoms with Gasteiger partial charge in [0.05, 0.1) is 4.90 Å². The minimum Gasteiger partial charge on any atom is -0.369 e. The predicted octanol–water partition coefficient (Wildman–Crippen LogP) is 3.60. The number of amides is 1. The van der Waals surface area contributed by atoms with Crippen molar-refractivity contribution in [2.75, 3.05) is 36.4 Å². The Morgan fingerprint density at radius 1 is 1.03 bits per heavy atom. The van der Waals surface area contributed by atoms with Crippen molar-refractivity contribution < 1.29 is 13.2 Å². The number of halogens is 1. The average molecular weight is 432 g/mol. The van der Waals surface area contributed by atoms with Crippen LogP contribution in [-0.2, 0) is 14.8 Å². The Bertz CT molecular complexity index is 1120. The molecule has 0 spiro atoms. The SMILES string of the molecule is CC(C)=C1C(=O)Nc2ccc(S(=O)(=O)N3CCN(c4cccc(Cl)c4)CC3)cc21. The number of hydrogen-bond donors (Lipinski definition) is 1. The molecule has 8 heteroatoms. The van der Waals surface area contributed by atoms with Crippen LogP contribution in [0.1, 0.15) is 19.4 Å². The van der Waals surface area contributed by atoms with Gasteiger partial charge in [0.25, 0.3) is 5.91 Å². The Kier molecular flexibility index (Phi) is 5.14. The van der Waals surface area contributed by atoms with Crippen molar-refractivity contribution in [2.24, 2.45) is 0 Å². The van der Waals surface area contributed by atoms with Crippen LogP contribution in [-0.4, -0.2) is 44.8 Å². The molecule has 2 aromatic rings. The molecule has 0 bridgehead atoms. The van der Waals surface area contributed by atoms with Crippen LogP contribution in [0, 0.1) is 0 Å². The molecule has 0 aliphatic carbocycles. The van der Waals surface area contributed by atoms with Crippen molar-refractivity contribution in [3.63, 3.8) is 0 Å². The van der Waals surface area contributed by atoms with E-state index >= 15 is 0 Å². The van der Waals surface area contributed by atoms with Gasteiger partial charge in [-0.05, 0) is 50.2 Å². The number of nitrogens with one attached hydrogen (secondary N) is 1. The van der Waals surface area contributed by atoms with E-state index in [1.54, 1.807) is 18.2 Å². The molecule has 152 valence electrons. The van der Waals surface area contributed by atoms with Crippen LogP contribution >= 0.6 is 11.6 Å². The number of fused-ring (bicyclic) bond motifs is 1. The van der Waals surface area contributed by atoms with Gasteiger partial charge in [-0.15, -0.1) is 0 Å². The smallest absolute Gasteiger partial charge is 0.256 e. The summed E-state index contributed by atoms with van der Waals surface area (Å²) >= 11 is 6.07. The first-order chi connectivity index (χ1) is 13.8. The van der Waals surface area contributed by atoms with Crippen LogP contribution in [0.25, 0.3) is 5.57 Å². The van der Waals surface area contributed by atoms with Crippen LogP contribution < -0.4 is 10.2 Å². The molecule has 29 heavy (non-hydrogen) atoms. The molecule has 1 saturated heterocycles.